The molecular weight excluding hydrogens is 274 g/mol. The first kappa shape index (κ1) is 14.8. The fourth-order valence-electron chi connectivity index (χ4n) is 1.99. The summed E-state index contributed by atoms with van der Waals surface area (Å²) in [6.45, 7) is 2.46. The second kappa shape index (κ2) is 6.21. The molecule has 2 aromatic rings. The van der Waals surface area contributed by atoms with E-state index in [1.165, 1.54) is 30.3 Å². The smallest absolute Gasteiger partial charge is 0.335 e. The summed E-state index contributed by atoms with van der Waals surface area (Å²) >= 11 is 0. The molecule has 0 spiro atoms. The highest BCUT2D eigenvalue weighted by Crippen LogP contribution is 2.31. The van der Waals surface area contributed by atoms with Gasteiger partial charge in [-0.15, -0.1) is 0 Å². The Morgan fingerprint density at radius 3 is 2.71 bits per heavy atom. The van der Waals surface area contributed by atoms with E-state index in [4.69, 9.17) is 9.84 Å². The van der Waals surface area contributed by atoms with Crippen LogP contribution in [0.2, 0.25) is 0 Å². The topological polar surface area (TPSA) is 89.7 Å². The van der Waals surface area contributed by atoms with Gasteiger partial charge in [0.2, 0.25) is 0 Å². The lowest BCUT2D eigenvalue weighted by atomic mass is 10.0. The third kappa shape index (κ3) is 3.28. The van der Waals surface area contributed by atoms with Crippen LogP contribution in [0.5, 0.6) is 5.75 Å². The van der Waals surface area contributed by atoms with Crippen LogP contribution in [0, 0.1) is 10.1 Å². The van der Waals surface area contributed by atoms with Crippen molar-refractivity contribution in [3.63, 3.8) is 0 Å². The molecule has 110 valence electrons. The highest BCUT2D eigenvalue weighted by molar-refractivity contribution is 5.98. The van der Waals surface area contributed by atoms with E-state index in [-0.39, 0.29) is 11.3 Å². The number of nitro groups is 1. The number of carbonyl (C=O) groups is 1. The SMILES string of the molecule is CCCCOc1cc(C(=O)O)cc2ccc([N+](=O)[O-])cc12. The first-order valence-electron chi connectivity index (χ1n) is 6.61. The number of carboxylic acid groups (broad SMARTS) is 1. The number of unbranched alkanes of at least 4 members (excludes halogenated alkanes) is 1. The van der Waals surface area contributed by atoms with Gasteiger partial charge < -0.3 is 9.84 Å². The summed E-state index contributed by atoms with van der Waals surface area (Å²) in [6.07, 6.45) is 1.77. The Balaban J connectivity index is 2.55. The highest BCUT2D eigenvalue weighted by atomic mass is 16.6. The number of benzene rings is 2. The molecule has 1 N–H and O–H groups in total. The second-order valence-electron chi connectivity index (χ2n) is 4.64. The van der Waals surface area contributed by atoms with Gasteiger partial charge in [-0.1, -0.05) is 13.3 Å². The molecule has 0 aliphatic heterocycles. The van der Waals surface area contributed by atoms with Gasteiger partial charge in [0.15, 0.2) is 0 Å². The Morgan fingerprint density at radius 1 is 1.33 bits per heavy atom. The molecule has 0 heterocycles. The van der Waals surface area contributed by atoms with Crippen LogP contribution in [0.3, 0.4) is 0 Å². The molecule has 0 radical (unpaired) electrons. The molecule has 0 aromatic heterocycles. The van der Waals surface area contributed by atoms with E-state index in [0.717, 1.165) is 12.8 Å². The minimum absolute atomic E-state index is 0.0501. The molecule has 0 unspecified atom stereocenters. The van der Waals surface area contributed by atoms with Gasteiger partial charge in [0, 0.05) is 17.5 Å². The molecule has 0 atom stereocenters. The van der Waals surface area contributed by atoms with Crippen LogP contribution in [-0.4, -0.2) is 22.6 Å². The zero-order chi connectivity index (χ0) is 15.4. The summed E-state index contributed by atoms with van der Waals surface area (Å²) in [5.41, 5.74) is 0.0498. The van der Waals surface area contributed by atoms with Gasteiger partial charge in [0.05, 0.1) is 17.1 Å². The van der Waals surface area contributed by atoms with E-state index in [1.54, 1.807) is 0 Å². The lowest BCUT2D eigenvalue weighted by molar-refractivity contribution is -0.384. The molecule has 0 saturated heterocycles. The van der Waals surface area contributed by atoms with Crippen LogP contribution >= 0.6 is 0 Å². The van der Waals surface area contributed by atoms with Crippen molar-refractivity contribution in [1.82, 2.24) is 0 Å². The Kier molecular flexibility index (Phi) is 4.37. The number of non-ortho nitro benzene ring substituents is 1. The largest absolute Gasteiger partial charge is 0.493 e. The number of fused-ring (bicyclic) bond motifs is 1. The third-order valence-electron chi connectivity index (χ3n) is 3.11. The van der Waals surface area contributed by atoms with Crippen molar-refractivity contribution in [3.8, 4) is 5.75 Å². The number of nitro benzene ring substituents is 1. The molecule has 21 heavy (non-hydrogen) atoms. The first-order chi connectivity index (χ1) is 10.0. The molecule has 2 aromatic carbocycles. The summed E-state index contributed by atoms with van der Waals surface area (Å²) in [4.78, 5) is 21.5. The molecule has 6 heteroatoms. The predicted molar refractivity (Wildman–Crippen MR) is 78.0 cm³/mol. The average Bonchev–Trinajstić information content (AvgIpc) is 2.46. The maximum Gasteiger partial charge on any atom is 0.335 e. The number of hydrogen-bond donors (Lipinski definition) is 1. The normalized spacial score (nSPS) is 10.5. The van der Waals surface area contributed by atoms with Gasteiger partial charge >= 0.3 is 5.97 Å². The van der Waals surface area contributed by atoms with Crippen LogP contribution in [0.1, 0.15) is 30.1 Å². The van der Waals surface area contributed by atoms with Gasteiger partial charge in [-0.3, -0.25) is 10.1 Å². The molecule has 6 nitrogen and oxygen atoms in total. The van der Waals surface area contributed by atoms with Crippen molar-refractivity contribution >= 4 is 22.4 Å². The number of ether oxygens (including phenoxy) is 1. The lowest BCUT2D eigenvalue weighted by Gasteiger charge is -2.10. The van der Waals surface area contributed by atoms with E-state index in [0.29, 0.717) is 23.1 Å². The average molecular weight is 289 g/mol. The molecule has 0 fully saturated rings. The Morgan fingerprint density at radius 2 is 2.10 bits per heavy atom. The van der Waals surface area contributed by atoms with Crippen LogP contribution in [0.15, 0.2) is 30.3 Å². The summed E-state index contributed by atoms with van der Waals surface area (Å²) in [7, 11) is 0. The molecule has 2 rings (SSSR count). The Bertz CT molecular complexity index is 696. The number of nitrogens with zero attached hydrogens (tertiary/aromatic N) is 1. The van der Waals surface area contributed by atoms with Crippen LogP contribution in [0.25, 0.3) is 10.8 Å². The molecule has 0 amide bonds. The molecular formula is C15H15NO5. The van der Waals surface area contributed by atoms with E-state index in [1.807, 2.05) is 6.92 Å². The zero-order valence-electron chi connectivity index (χ0n) is 11.5. The van der Waals surface area contributed by atoms with Crippen molar-refractivity contribution < 1.29 is 19.6 Å². The maximum atomic E-state index is 11.1. The summed E-state index contributed by atoms with van der Waals surface area (Å²) < 4.78 is 5.60. The standard InChI is InChI=1S/C15H15NO5/c1-2-3-6-21-14-8-11(15(17)18)7-10-4-5-12(16(19)20)9-13(10)14/h4-5,7-9H,2-3,6H2,1H3,(H,17,18). The zero-order valence-corrected chi connectivity index (χ0v) is 11.5. The minimum Gasteiger partial charge on any atom is -0.493 e. The number of carboxylic acids is 1. The van der Waals surface area contributed by atoms with Crippen molar-refractivity contribution in [1.29, 1.82) is 0 Å². The fourth-order valence-corrected chi connectivity index (χ4v) is 1.99. The molecule has 0 bridgehead atoms. The summed E-state index contributed by atoms with van der Waals surface area (Å²) in [6, 6.07) is 7.18. The van der Waals surface area contributed by atoms with Gasteiger partial charge in [0.25, 0.3) is 5.69 Å². The third-order valence-corrected chi connectivity index (χ3v) is 3.11. The molecule has 0 aliphatic carbocycles. The van der Waals surface area contributed by atoms with Gasteiger partial charge in [-0.25, -0.2) is 4.79 Å². The van der Waals surface area contributed by atoms with E-state index in [2.05, 4.69) is 0 Å². The predicted octanol–water partition coefficient (Wildman–Crippen LogP) is 3.63. The number of aromatic carboxylic acids is 1. The van der Waals surface area contributed by atoms with Gasteiger partial charge in [-0.2, -0.15) is 0 Å². The highest BCUT2D eigenvalue weighted by Gasteiger charge is 2.14. The monoisotopic (exact) mass is 289 g/mol. The van der Waals surface area contributed by atoms with Crippen molar-refractivity contribution in [2.75, 3.05) is 6.61 Å². The van der Waals surface area contributed by atoms with Gasteiger partial charge in [-0.05, 0) is 30.0 Å². The lowest BCUT2D eigenvalue weighted by Crippen LogP contribution is -2.01. The van der Waals surface area contributed by atoms with E-state index in [9.17, 15) is 14.9 Å². The van der Waals surface area contributed by atoms with Gasteiger partial charge in [0.1, 0.15) is 5.75 Å². The Labute approximate surface area is 121 Å². The van der Waals surface area contributed by atoms with Crippen LogP contribution < -0.4 is 4.74 Å². The van der Waals surface area contributed by atoms with Crippen LogP contribution in [-0.2, 0) is 0 Å². The summed E-state index contributed by atoms with van der Waals surface area (Å²) in [5, 5.41) is 21.1. The number of hydrogen-bond acceptors (Lipinski definition) is 4. The van der Waals surface area contributed by atoms with Crippen molar-refractivity contribution in [2.24, 2.45) is 0 Å². The van der Waals surface area contributed by atoms with Crippen molar-refractivity contribution in [3.05, 3.63) is 46.0 Å². The van der Waals surface area contributed by atoms with Crippen LogP contribution in [0.4, 0.5) is 5.69 Å². The molecule has 0 aliphatic rings. The minimum atomic E-state index is -1.06. The quantitative estimate of drug-likeness (QED) is 0.498. The number of rotatable bonds is 6. The fraction of sp³-hybridized carbons (Fsp3) is 0.267. The molecule has 0 saturated carbocycles. The van der Waals surface area contributed by atoms with Crippen molar-refractivity contribution in [2.45, 2.75) is 19.8 Å². The Hall–Kier alpha value is -2.63. The second-order valence-corrected chi connectivity index (χ2v) is 4.64. The first-order valence-corrected chi connectivity index (χ1v) is 6.61. The maximum absolute atomic E-state index is 11.1. The summed E-state index contributed by atoms with van der Waals surface area (Å²) in [5.74, 6) is -0.697. The van der Waals surface area contributed by atoms with E-state index < -0.39 is 10.9 Å². The van der Waals surface area contributed by atoms with E-state index >= 15 is 0 Å².